The normalized spacial score (nSPS) is 9.18. The summed E-state index contributed by atoms with van der Waals surface area (Å²) >= 11 is 0. The number of esters is 1. The van der Waals surface area contributed by atoms with Crippen molar-refractivity contribution in [3.05, 3.63) is 66.2 Å². The van der Waals surface area contributed by atoms with Crippen LogP contribution >= 0.6 is 0 Å². The maximum atomic E-state index is 11.6. The molecule has 0 aliphatic carbocycles. The summed E-state index contributed by atoms with van der Waals surface area (Å²) in [6, 6.07) is 18.7. The van der Waals surface area contributed by atoms with Crippen LogP contribution in [-0.4, -0.2) is 24.8 Å². The summed E-state index contributed by atoms with van der Waals surface area (Å²) in [4.78, 5) is 11.6. The zero-order valence-corrected chi connectivity index (χ0v) is 8.80. The van der Waals surface area contributed by atoms with Crippen molar-refractivity contribution >= 4 is 24.8 Å². The summed E-state index contributed by atoms with van der Waals surface area (Å²) in [5, 5.41) is 0. The van der Waals surface area contributed by atoms with Gasteiger partial charge < -0.3 is 4.74 Å². The number of rotatable bonds is 3. The zero-order valence-electron chi connectivity index (χ0n) is 8.80. The number of benzene rings is 2. The topological polar surface area (TPSA) is 26.3 Å². The first-order chi connectivity index (χ1) is 7.84. The van der Waals surface area contributed by atoms with Crippen molar-refractivity contribution < 1.29 is 9.53 Å². The fourth-order valence-corrected chi connectivity index (χ4v) is 1.42. The molecule has 2 aromatic rings. The fourth-order valence-electron chi connectivity index (χ4n) is 1.42. The molecule has 0 saturated carbocycles. The van der Waals surface area contributed by atoms with Gasteiger partial charge in [0.25, 0.3) is 0 Å². The third kappa shape index (κ3) is 4.48. The van der Waals surface area contributed by atoms with Crippen molar-refractivity contribution in [2.24, 2.45) is 0 Å². The Morgan fingerprint density at radius 2 is 1.41 bits per heavy atom. The molecule has 0 saturated heterocycles. The zero-order chi connectivity index (χ0) is 11.2. The van der Waals surface area contributed by atoms with E-state index in [0.717, 1.165) is 5.56 Å². The average Bonchev–Trinajstić information content (AvgIpc) is 2.31. The average molecular weight is 220 g/mol. The van der Waals surface area contributed by atoms with Crippen LogP contribution in [0, 0.1) is 0 Å². The van der Waals surface area contributed by atoms with Gasteiger partial charge in [-0.2, -0.15) is 0 Å². The molecule has 17 heavy (non-hydrogen) atoms. The van der Waals surface area contributed by atoms with E-state index in [1.807, 2.05) is 48.5 Å². The summed E-state index contributed by atoms with van der Waals surface area (Å²) in [6.45, 7) is 0. The number of carbonyl (C=O) groups excluding carboxylic acids is 1. The first-order valence-corrected chi connectivity index (χ1v) is 5.14. The molecule has 0 N–H and O–H groups in total. The Kier molecular flexibility index (Phi) is 5.55. The van der Waals surface area contributed by atoms with E-state index in [1.54, 1.807) is 12.1 Å². The molecule has 0 aliphatic heterocycles. The van der Waals surface area contributed by atoms with E-state index in [2.05, 4.69) is 0 Å². The van der Waals surface area contributed by atoms with E-state index >= 15 is 0 Å². The fraction of sp³-hybridized carbons (Fsp3) is 0.0714. The summed E-state index contributed by atoms with van der Waals surface area (Å²) in [5.74, 6) is 0.348. The van der Waals surface area contributed by atoms with Gasteiger partial charge in [0.05, 0.1) is 6.42 Å². The maximum absolute atomic E-state index is 11.6. The summed E-state index contributed by atoms with van der Waals surface area (Å²) in [5.41, 5.74) is 0.962. The third-order valence-electron chi connectivity index (χ3n) is 2.17. The van der Waals surface area contributed by atoms with Gasteiger partial charge in [-0.05, 0) is 17.7 Å². The molecule has 0 heterocycles. The van der Waals surface area contributed by atoms with E-state index < -0.39 is 0 Å². The Balaban J connectivity index is 0.00000144. The molecule has 0 atom stereocenters. The Morgan fingerprint density at radius 1 is 0.882 bits per heavy atom. The van der Waals surface area contributed by atoms with Crippen molar-refractivity contribution in [3.8, 4) is 5.75 Å². The molecule has 0 aliphatic rings. The molecule has 0 fully saturated rings. The molecular formula is C14H13LiO2. The first kappa shape index (κ1) is 13.6. The minimum absolute atomic E-state index is 0. The van der Waals surface area contributed by atoms with Gasteiger partial charge in [0.1, 0.15) is 5.75 Å². The van der Waals surface area contributed by atoms with Gasteiger partial charge in [0.15, 0.2) is 0 Å². The van der Waals surface area contributed by atoms with Crippen LogP contribution in [0.1, 0.15) is 5.56 Å². The Hall–Kier alpha value is -1.49. The SMILES string of the molecule is O=C(Cc1ccccc1)Oc1ccccc1.[LiH]. The second-order valence-corrected chi connectivity index (χ2v) is 3.45. The quantitative estimate of drug-likeness (QED) is 0.450. The first-order valence-electron chi connectivity index (χ1n) is 5.14. The third-order valence-corrected chi connectivity index (χ3v) is 2.17. The van der Waals surface area contributed by atoms with Crippen LogP contribution in [0.15, 0.2) is 60.7 Å². The van der Waals surface area contributed by atoms with Crippen LogP contribution in [0.2, 0.25) is 0 Å². The molecule has 2 rings (SSSR count). The van der Waals surface area contributed by atoms with Gasteiger partial charge in [-0.25, -0.2) is 0 Å². The van der Waals surface area contributed by atoms with Crippen LogP contribution in [0.25, 0.3) is 0 Å². The molecule has 0 amide bonds. The van der Waals surface area contributed by atoms with Crippen molar-refractivity contribution in [3.63, 3.8) is 0 Å². The van der Waals surface area contributed by atoms with Crippen molar-refractivity contribution in [2.75, 3.05) is 0 Å². The summed E-state index contributed by atoms with van der Waals surface area (Å²) in [6.07, 6.45) is 0.301. The Bertz CT molecular complexity index is 411. The summed E-state index contributed by atoms with van der Waals surface area (Å²) in [7, 11) is 0. The van der Waals surface area contributed by atoms with Crippen LogP contribution < -0.4 is 4.74 Å². The van der Waals surface area contributed by atoms with Crippen molar-refractivity contribution in [1.82, 2.24) is 0 Å². The Labute approximate surface area is 113 Å². The predicted molar refractivity (Wildman–Crippen MR) is 69.4 cm³/mol. The van der Waals surface area contributed by atoms with Crippen LogP contribution in [0.3, 0.4) is 0 Å². The minimum atomic E-state index is -0.239. The number of hydrogen-bond acceptors (Lipinski definition) is 2. The molecule has 2 nitrogen and oxygen atoms in total. The number of carbonyl (C=O) groups is 1. The molecule has 0 unspecified atom stereocenters. The molecule has 0 spiro atoms. The molecule has 0 aromatic heterocycles. The van der Waals surface area contributed by atoms with Gasteiger partial charge in [-0.15, -0.1) is 0 Å². The van der Waals surface area contributed by atoms with Gasteiger partial charge in [0, 0.05) is 0 Å². The molecule has 3 heteroatoms. The van der Waals surface area contributed by atoms with E-state index in [0.29, 0.717) is 12.2 Å². The monoisotopic (exact) mass is 220 g/mol. The van der Waals surface area contributed by atoms with Crippen molar-refractivity contribution in [1.29, 1.82) is 0 Å². The van der Waals surface area contributed by atoms with E-state index in [-0.39, 0.29) is 24.8 Å². The number of para-hydroxylation sites is 1. The van der Waals surface area contributed by atoms with Crippen LogP contribution in [-0.2, 0) is 11.2 Å². The number of hydrogen-bond donors (Lipinski definition) is 0. The molecular weight excluding hydrogens is 207 g/mol. The van der Waals surface area contributed by atoms with E-state index in [9.17, 15) is 4.79 Å². The summed E-state index contributed by atoms with van der Waals surface area (Å²) < 4.78 is 5.18. The van der Waals surface area contributed by atoms with E-state index in [4.69, 9.17) is 4.74 Å². The standard InChI is InChI=1S/C14H12O2.Li.H/c15-14(11-12-7-3-1-4-8-12)16-13-9-5-2-6-10-13;;/h1-10H,11H2;;. The Morgan fingerprint density at radius 3 is 2.00 bits per heavy atom. The van der Waals surface area contributed by atoms with Gasteiger partial charge in [-0.3, -0.25) is 4.79 Å². The molecule has 2 aromatic carbocycles. The molecule has 0 bridgehead atoms. The second kappa shape index (κ2) is 6.96. The van der Waals surface area contributed by atoms with Crippen molar-refractivity contribution in [2.45, 2.75) is 6.42 Å². The second-order valence-electron chi connectivity index (χ2n) is 3.45. The van der Waals surface area contributed by atoms with Crippen LogP contribution in [0.4, 0.5) is 0 Å². The molecule has 0 radical (unpaired) electrons. The predicted octanol–water partition coefficient (Wildman–Crippen LogP) is 2.19. The number of ether oxygens (including phenoxy) is 1. The van der Waals surface area contributed by atoms with E-state index in [1.165, 1.54) is 0 Å². The molecule has 82 valence electrons. The van der Waals surface area contributed by atoms with Gasteiger partial charge >= 0.3 is 24.8 Å². The van der Waals surface area contributed by atoms with Gasteiger partial charge in [-0.1, -0.05) is 48.5 Å². The van der Waals surface area contributed by atoms with Gasteiger partial charge in [0.2, 0.25) is 0 Å². The van der Waals surface area contributed by atoms with Crippen LogP contribution in [0.5, 0.6) is 5.75 Å².